The van der Waals surface area contributed by atoms with Crippen molar-refractivity contribution < 1.29 is 19.1 Å². The number of ether oxygens (including phenoxy) is 1. The van der Waals surface area contributed by atoms with Crippen molar-refractivity contribution in [2.45, 2.75) is 37.3 Å². The molecule has 3 aromatic carbocycles. The lowest BCUT2D eigenvalue weighted by Crippen LogP contribution is -2.25. The fourth-order valence-electron chi connectivity index (χ4n) is 4.04. The smallest absolute Gasteiger partial charge is 0.341 e. The number of thiophene rings is 1. The van der Waals surface area contributed by atoms with Gasteiger partial charge in [0.05, 0.1) is 11.9 Å². The molecular formula is C31H30N2O4S2. The van der Waals surface area contributed by atoms with E-state index in [1.807, 2.05) is 92.0 Å². The zero-order chi connectivity index (χ0) is 27.8. The van der Waals surface area contributed by atoms with Crippen LogP contribution in [0.2, 0.25) is 0 Å². The maximum Gasteiger partial charge on any atom is 0.341 e. The predicted molar refractivity (Wildman–Crippen MR) is 160 cm³/mol. The lowest BCUT2D eigenvalue weighted by atomic mass is 10.0. The Morgan fingerprint density at radius 1 is 0.923 bits per heavy atom. The average molecular weight is 559 g/mol. The summed E-state index contributed by atoms with van der Waals surface area (Å²) < 4.78 is 5.31. The Kier molecular flexibility index (Phi) is 9.57. The lowest BCUT2D eigenvalue weighted by molar-refractivity contribution is -0.115. The number of thioether (sulfide) groups is 1. The predicted octanol–water partition coefficient (Wildman–Crippen LogP) is 7.66. The summed E-state index contributed by atoms with van der Waals surface area (Å²) in [6.07, 6.45) is 0.571. The van der Waals surface area contributed by atoms with Gasteiger partial charge >= 0.3 is 5.97 Å². The Morgan fingerprint density at radius 2 is 1.67 bits per heavy atom. The van der Waals surface area contributed by atoms with E-state index in [9.17, 15) is 14.4 Å². The van der Waals surface area contributed by atoms with E-state index in [2.05, 4.69) is 10.6 Å². The topological polar surface area (TPSA) is 84.5 Å². The molecule has 0 bridgehead atoms. The molecule has 1 heterocycles. The first-order valence-corrected chi connectivity index (χ1v) is 14.5. The van der Waals surface area contributed by atoms with Crippen molar-refractivity contribution in [3.05, 3.63) is 101 Å². The second-order valence-corrected chi connectivity index (χ2v) is 10.9. The van der Waals surface area contributed by atoms with Gasteiger partial charge in [0.25, 0.3) is 5.91 Å². The van der Waals surface area contributed by atoms with Gasteiger partial charge in [-0.15, -0.1) is 23.1 Å². The third-order valence-electron chi connectivity index (χ3n) is 6.02. The van der Waals surface area contributed by atoms with Crippen molar-refractivity contribution in [2.24, 2.45) is 0 Å². The number of amides is 2. The molecule has 4 rings (SSSR count). The highest BCUT2D eigenvalue weighted by molar-refractivity contribution is 8.00. The first-order valence-electron chi connectivity index (χ1n) is 12.7. The van der Waals surface area contributed by atoms with Crippen molar-refractivity contribution in [3.8, 4) is 11.1 Å². The van der Waals surface area contributed by atoms with E-state index >= 15 is 0 Å². The molecule has 200 valence electrons. The van der Waals surface area contributed by atoms with Crippen LogP contribution >= 0.6 is 23.1 Å². The number of benzene rings is 3. The van der Waals surface area contributed by atoms with Crippen molar-refractivity contribution in [1.82, 2.24) is 0 Å². The van der Waals surface area contributed by atoms with Gasteiger partial charge < -0.3 is 15.4 Å². The summed E-state index contributed by atoms with van der Waals surface area (Å²) in [7, 11) is 0. The van der Waals surface area contributed by atoms with E-state index in [0.29, 0.717) is 28.2 Å². The summed E-state index contributed by atoms with van der Waals surface area (Å²) in [6, 6.07) is 24.4. The molecule has 2 amide bonds. The lowest BCUT2D eigenvalue weighted by Gasteiger charge is -2.16. The van der Waals surface area contributed by atoms with E-state index in [1.165, 1.54) is 23.1 Å². The first kappa shape index (κ1) is 28.1. The fourth-order valence-corrected chi connectivity index (χ4v) is 6.01. The molecule has 0 aliphatic rings. The normalized spacial score (nSPS) is 11.5. The second kappa shape index (κ2) is 13.3. The summed E-state index contributed by atoms with van der Waals surface area (Å²) in [5.41, 5.74) is 4.13. The minimum Gasteiger partial charge on any atom is -0.462 e. The minimum atomic E-state index is -0.467. The van der Waals surface area contributed by atoms with Crippen LogP contribution in [-0.4, -0.2) is 29.6 Å². The van der Waals surface area contributed by atoms with Crippen LogP contribution in [0.15, 0.2) is 89.1 Å². The van der Waals surface area contributed by atoms with Gasteiger partial charge in [0.2, 0.25) is 5.91 Å². The van der Waals surface area contributed by atoms with Crippen molar-refractivity contribution in [1.29, 1.82) is 0 Å². The molecule has 4 aromatic rings. The third kappa shape index (κ3) is 6.96. The average Bonchev–Trinajstić information content (AvgIpc) is 3.36. The summed E-state index contributed by atoms with van der Waals surface area (Å²) in [5, 5.41) is 7.84. The quantitative estimate of drug-likeness (QED) is 0.154. The maximum absolute atomic E-state index is 13.4. The SMILES string of the molecule is CCOC(=O)c1c(-c2ccccc2)csc1NC(=O)C(CC)Sc1cccc(NC(=O)c2ccccc2C)c1. The van der Waals surface area contributed by atoms with Crippen LogP contribution in [0.5, 0.6) is 0 Å². The van der Waals surface area contributed by atoms with Crippen LogP contribution in [-0.2, 0) is 9.53 Å². The van der Waals surface area contributed by atoms with Crippen LogP contribution in [0.4, 0.5) is 10.7 Å². The number of hydrogen-bond acceptors (Lipinski definition) is 6. The summed E-state index contributed by atoms with van der Waals surface area (Å²) in [4.78, 5) is 39.8. The molecule has 1 unspecified atom stereocenters. The first-order chi connectivity index (χ1) is 18.9. The van der Waals surface area contributed by atoms with E-state index in [-0.39, 0.29) is 18.4 Å². The highest BCUT2D eigenvalue weighted by atomic mass is 32.2. The van der Waals surface area contributed by atoms with Gasteiger partial charge in [0.1, 0.15) is 10.6 Å². The van der Waals surface area contributed by atoms with E-state index < -0.39 is 11.2 Å². The molecule has 2 N–H and O–H groups in total. The molecule has 1 atom stereocenters. The van der Waals surface area contributed by atoms with Crippen LogP contribution in [0.25, 0.3) is 11.1 Å². The Hall–Kier alpha value is -3.88. The molecule has 39 heavy (non-hydrogen) atoms. The van der Waals surface area contributed by atoms with E-state index in [4.69, 9.17) is 4.74 Å². The molecule has 0 saturated heterocycles. The maximum atomic E-state index is 13.4. The third-order valence-corrected chi connectivity index (χ3v) is 8.27. The van der Waals surface area contributed by atoms with Crippen molar-refractivity contribution in [3.63, 3.8) is 0 Å². The molecule has 0 saturated carbocycles. The van der Waals surface area contributed by atoms with Gasteiger partial charge in [-0.05, 0) is 55.7 Å². The highest BCUT2D eigenvalue weighted by Crippen LogP contribution is 2.37. The molecule has 0 radical (unpaired) electrons. The van der Waals surface area contributed by atoms with Gasteiger partial charge in [-0.25, -0.2) is 4.79 Å². The molecule has 1 aromatic heterocycles. The van der Waals surface area contributed by atoms with Gasteiger partial charge in [-0.2, -0.15) is 0 Å². The number of hydrogen-bond donors (Lipinski definition) is 2. The molecule has 0 spiro atoms. The van der Waals surface area contributed by atoms with E-state index in [1.54, 1.807) is 13.0 Å². The van der Waals surface area contributed by atoms with Gasteiger partial charge in [0.15, 0.2) is 0 Å². The monoisotopic (exact) mass is 558 g/mol. The molecule has 8 heteroatoms. The number of anilines is 2. The van der Waals surface area contributed by atoms with Gasteiger partial charge in [0, 0.05) is 27.1 Å². The van der Waals surface area contributed by atoms with Crippen LogP contribution in [0.3, 0.4) is 0 Å². The molecule has 0 aliphatic heterocycles. The summed E-state index contributed by atoms with van der Waals surface area (Å²) in [6.45, 7) is 5.83. The minimum absolute atomic E-state index is 0.182. The Labute approximate surface area is 236 Å². The number of rotatable bonds is 10. The number of nitrogens with one attached hydrogen (secondary N) is 2. The highest BCUT2D eigenvalue weighted by Gasteiger charge is 2.25. The van der Waals surface area contributed by atoms with Gasteiger partial charge in [-0.1, -0.05) is 61.5 Å². The summed E-state index contributed by atoms with van der Waals surface area (Å²) in [5.74, 6) is -0.854. The zero-order valence-electron chi connectivity index (χ0n) is 22.0. The summed E-state index contributed by atoms with van der Waals surface area (Å²) >= 11 is 2.72. The molecule has 0 fully saturated rings. The number of carbonyl (C=O) groups is 3. The fraction of sp³-hybridized carbons (Fsp3) is 0.194. The van der Waals surface area contributed by atoms with Gasteiger partial charge in [-0.3, -0.25) is 9.59 Å². The molecule has 6 nitrogen and oxygen atoms in total. The Balaban J connectivity index is 1.50. The largest absolute Gasteiger partial charge is 0.462 e. The Morgan fingerprint density at radius 3 is 2.38 bits per heavy atom. The second-order valence-electron chi connectivity index (χ2n) is 8.74. The van der Waals surface area contributed by atoms with Crippen LogP contribution in [0.1, 0.15) is 46.5 Å². The Bertz CT molecular complexity index is 1470. The number of aryl methyl sites for hydroxylation is 1. The van der Waals surface area contributed by atoms with Crippen molar-refractivity contribution in [2.75, 3.05) is 17.2 Å². The van der Waals surface area contributed by atoms with Crippen molar-refractivity contribution >= 4 is 51.6 Å². The molecule has 0 aliphatic carbocycles. The van der Waals surface area contributed by atoms with Crippen LogP contribution < -0.4 is 10.6 Å². The zero-order valence-corrected chi connectivity index (χ0v) is 23.7. The number of esters is 1. The van der Waals surface area contributed by atoms with E-state index in [0.717, 1.165) is 21.6 Å². The molecular weight excluding hydrogens is 528 g/mol. The van der Waals surface area contributed by atoms with Crippen LogP contribution in [0, 0.1) is 6.92 Å². The number of carbonyl (C=O) groups excluding carboxylic acids is 3. The standard InChI is InChI=1S/C31H30N2O4S2/c1-4-26(39-23-16-11-15-22(18-23)32-28(34)24-17-10-9-12-20(24)3)29(35)33-30-27(31(36)37-5-2)25(19-38-30)21-13-7-6-8-14-21/h6-19,26H,4-5H2,1-3H3,(H,32,34)(H,33,35).